The molecule has 9 nitrogen and oxygen atoms in total. The molecule has 1 aliphatic carbocycles. The summed E-state index contributed by atoms with van der Waals surface area (Å²) < 4.78 is 6.12. The molecule has 0 spiro atoms. The Hall–Kier alpha value is -4.54. The number of hydrogen-bond acceptors (Lipinski definition) is 7. The van der Waals surface area contributed by atoms with Crippen LogP contribution in [0.4, 0.5) is 5.69 Å². The van der Waals surface area contributed by atoms with Gasteiger partial charge < -0.3 is 26.2 Å². The smallest absolute Gasteiger partial charge is 0.355 e. The molecule has 1 aliphatic heterocycles. The summed E-state index contributed by atoms with van der Waals surface area (Å²) in [6.07, 6.45) is 6.89. The predicted octanol–water partition coefficient (Wildman–Crippen LogP) is 6.27. The third-order valence-corrected chi connectivity index (χ3v) is 9.23. The number of thiophene rings is 1. The van der Waals surface area contributed by atoms with E-state index in [0.29, 0.717) is 36.6 Å². The highest BCUT2D eigenvalue weighted by molar-refractivity contribution is 7.13. The number of fused-ring (bicyclic) bond motifs is 3. The van der Waals surface area contributed by atoms with Gasteiger partial charge in [0.2, 0.25) is 0 Å². The van der Waals surface area contributed by atoms with Gasteiger partial charge in [0.15, 0.2) is 5.69 Å². The van der Waals surface area contributed by atoms with E-state index < -0.39 is 17.8 Å². The van der Waals surface area contributed by atoms with Crippen molar-refractivity contribution in [1.82, 2.24) is 10.3 Å². The van der Waals surface area contributed by atoms with Crippen molar-refractivity contribution in [2.24, 2.45) is 5.73 Å². The first-order valence-electron chi connectivity index (χ1n) is 14.9. The van der Waals surface area contributed by atoms with Gasteiger partial charge in [0.1, 0.15) is 11.4 Å². The van der Waals surface area contributed by atoms with Crippen LogP contribution in [0.25, 0.3) is 21.6 Å². The van der Waals surface area contributed by atoms with Gasteiger partial charge in [-0.15, -0.1) is 11.3 Å². The van der Waals surface area contributed by atoms with Gasteiger partial charge in [-0.2, -0.15) is 0 Å². The predicted molar refractivity (Wildman–Crippen MR) is 170 cm³/mol. The number of carboxylic acid groups (broad SMARTS) is 1. The van der Waals surface area contributed by atoms with Crippen molar-refractivity contribution in [2.45, 2.75) is 57.5 Å². The Morgan fingerprint density at radius 1 is 0.932 bits per heavy atom. The fourth-order valence-corrected chi connectivity index (χ4v) is 6.88. The monoisotopic (exact) mass is 610 g/mol. The molecule has 2 aromatic heterocycles. The van der Waals surface area contributed by atoms with Crippen LogP contribution in [0.1, 0.15) is 81.0 Å². The third-order valence-electron chi connectivity index (χ3n) is 8.24. The summed E-state index contributed by atoms with van der Waals surface area (Å²) in [4.78, 5) is 44.9. The molecule has 0 bridgehead atoms. The maximum absolute atomic E-state index is 13.9. The number of benzene rings is 2. The molecule has 0 saturated heterocycles. The van der Waals surface area contributed by atoms with Crippen LogP contribution >= 0.6 is 11.3 Å². The molecule has 10 heteroatoms. The number of rotatable bonds is 7. The molecular weight excluding hydrogens is 576 g/mol. The van der Waals surface area contributed by atoms with E-state index in [1.807, 2.05) is 17.5 Å². The number of carbonyl (C=O) groups excluding carboxylic acids is 2. The van der Waals surface area contributed by atoms with Gasteiger partial charge in [0.25, 0.3) is 11.8 Å². The summed E-state index contributed by atoms with van der Waals surface area (Å²) in [5, 5.41) is 18.2. The first kappa shape index (κ1) is 29.5. The zero-order valence-electron chi connectivity index (χ0n) is 24.2. The van der Waals surface area contributed by atoms with Crippen molar-refractivity contribution >= 4 is 34.8 Å². The molecular formula is C34H34N4O5S. The number of nitrogens with zero attached hydrogens (tertiary/aromatic N) is 1. The van der Waals surface area contributed by atoms with Crippen LogP contribution in [0.3, 0.4) is 0 Å². The highest BCUT2D eigenvalue weighted by Gasteiger charge is 2.27. The Bertz CT molecular complexity index is 1710. The molecule has 3 heterocycles. The number of pyridine rings is 1. The number of aromatic nitrogens is 1. The maximum Gasteiger partial charge on any atom is 0.355 e. The molecule has 0 atom stereocenters. The van der Waals surface area contributed by atoms with Crippen LogP contribution in [0.5, 0.6) is 5.75 Å². The van der Waals surface area contributed by atoms with Crippen molar-refractivity contribution in [3.63, 3.8) is 0 Å². The lowest BCUT2D eigenvalue weighted by molar-refractivity contribution is 0.0691. The minimum absolute atomic E-state index is 0.0237. The number of nitrogens with one attached hydrogen (secondary N) is 2. The first-order chi connectivity index (χ1) is 21.4. The summed E-state index contributed by atoms with van der Waals surface area (Å²) >= 11 is 1.57. The molecule has 6 rings (SSSR count). The quantitative estimate of drug-likeness (QED) is 0.181. The van der Waals surface area contributed by atoms with E-state index in [1.165, 1.54) is 6.07 Å². The second-order valence-electron chi connectivity index (χ2n) is 11.2. The summed E-state index contributed by atoms with van der Waals surface area (Å²) in [7, 11) is 0. The largest absolute Gasteiger partial charge is 0.493 e. The summed E-state index contributed by atoms with van der Waals surface area (Å²) in [6, 6.07) is 15.9. The Morgan fingerprint density at radius 2 is 1.70 bits per heavy atom. The van der Waals surface area contributed by atoms with E-state index in [1.54, 1.807) is 41.7 Å². The van der Waals surface area contributed by atoms with E-state index >= 15 is 0 Å². The molecule has 1 fully saturated rings. The number of carbonyl (C=O) groups is 3. The SMILES string of the molecule is NCc1ccc(NC(=O)c2cc3c(cc2-c2ccc(C(=O)NC4CCCCCC4)nc2C(=O)O)OCCc2ccsc2-3)cc1. The minimum Gasteiger partial charge on any atom is -0.493 e. The van der Waals surface area contributed by atoms with E-state index in [2.05, 4.69) is 21.7 Å². The topological polar surface area (TPSA) is 144 Å². The van der Waals surface area contributed by atoms with Crippen LogP contribution in [0.15, 0.2) is 60.0 Å². The van der Waals surface area contributed by atoms with E-state index in [0.717, 1.165) is 60.1 Å². The van der Waals surface area contributed by atoms with Crippen LogP contribution < -0.4 is 21.1 Å². The molecule has 2 aliphatic rings. The zero-order valence-corrected chi connectivity index (χ0v) is 25.0. The highest BCUT2D eigenvalue weighted by Crippen LogP contribution is 2.43. The van der Waals surface area contributed by atoms with Gasteiger partial charge in [0, 0.05) is 51.8 Å². The lowest BCUT2D eigenvalue weighted by Gasteiger charge is -2.18. The molecule has 44 heavy (non-hydrogen) atoms. The lowest BCUT2D eigenvalue weighted by Crippen LogP contribution is -2.35. The highest BCUT2D eigenvalue weighted by atomic mass is 32.1. The number of nitrogens with two attached hydrogens (primary N) is 1. The van der Waals surface area contributed by atoms with Crippen LogP contribution in [-0.4, -0.2) is 40.5 Å². The lowest BCUT2D eigenvalue weighted by atomic mass is 9.93. The van der Waals surface area contributed by atoms with Crippen molar-refractivity contribution in [2.75, 3.05) is 11.9 Å². The van der Waals surface area contributed by atoms with Crippen LogP contribution in [-0.2, 0) is 13.0 Å². The fourth-order valence-electron chi connectivity index (χ4n) is 5.90. The molecule has 4 aromatic rings. The van der Waals surface area contributed by atoms with E-state index in [9.17, 15) is 19.5 Å². The molecule has 2 amide bonds. The summed E-state index contributed by atoms with van der Waals surface area (Å²) in [5.74, 6) is -1.57. The number of hydrogen-bond donors (Lipinski definition) is 4. The average molecular weight is 611 g/mol. The Morgan fingerprint density at radius 3 is 2.43 bits per heavy atom. The first-order valence-corrected chi connectivity index (χ1v) is 15.8. The van der Waals surface area contributed by atoms with E-state index in [-0.39, 0.29) is 28.6 Å². The Kier molecular flexibility index (Phi) is 8.72. The molecule has 1 saturated carbocycles. The summed E-state index contributed by atoms with van der Waals surface area (Å²) in [5.41, 5.74) is 9.66. The Labute approximate surface area is 259 Å². The van der Waals surface area contributed by atoms with Gasteiger partial charge in [-0.25, -0.2) is 9.78 Å². The maximum atomic E-state index is 13.9. The summed E-state index contributed by atoms with van der Waals surface area (Å²) in [6.45, 7) is 0.825. The molecule has 0 radical (unpaired) electrons. The van der Waals surface area contributed by atoms with E-state index in [4.69, 9.17) is 10.5 Å². The molecule has 2 aromatic carbocycles. The van der Waals surface area contributed by atoms with Crippen molar-refractivity contribution in [1.29, 1.82) is 0 Å². The standard InChI is InChI=1S/C34H34N4O5S/c35-19-20-7-9-23(10-8-20)36-32(39)26-17-27-29(43-15-13-21-14-16-44-31(21)27)18-25(26)24-11-12-28(38-30(24)34(41)42)33(40)37-22-5-3-1-2-4-6-22/h7-12,14,16-18,22H,1-6,13,15,19,35H2,(H,36,39)(H,37,40)(H,41,42). The number of aromatic carboxylic acids is 1. The van der Waals surface area contributed by atoms with Crippen molar-refractivity contribution in [3.8, 4) is 27.3 Å². The van der Waals surface area contributed by atoms with Crippen LogP contribution in [0.2, 0.25) is 0 Å². The third kappa shape index (κ3) is 6.22. The molecule has 0 unspecified atom stereocenters. The van der Waals surface area contributed by atoms with Gasteiger partial charge in [-0.05, 0) is 71.8 Å². The normalized spacial score (nSPS) is 14.8. The van der Waals surface area contributed by atoms with Crippen molar-refractivity contribution in [3.05, 3.63) is 88.1 Å². The number of ether oxygens (including phenoxy) is 1. The van der Waals surface area contributed by atoms with Crippen molar-refractivity contribution < 1.29 is 24.2 Å². The van der Waals surface area contributed by atoms with Gasteiger partial charge in [-0.3, -0.25) is 9.59 Å². The van der Waals surface area contributed by atoms with Gasteiger partial charge >= 0.3 is 5.97 Å². The second-order valence-corrected chi connectivity index (χ2v) is 12.1. The molecule has 5 N–H and O–H groups in total. The van der Waals surface area contributed by atoms with Gasteiger partial charge in [-0.1, -0.05) is 37.8 Å². The molecule has 226 valence electrons. The average Bonchev–Trinajstić information content (AvgIpc) is 3.24. The van der Waals surface area contributed by atoms with Gasteiger partial charge in [0.05, 0.1) is 6.61 Å². The fraction of sp³-hybridized carbons (Fsp3) is 0.294. The number of anilines is 1. The van der Waals surface area contributed by atoms with Crippen LogP contribution in [0, 0.1) is 0 Å². The zero-order chi connectivity index (χ0) is 30.6. The number of amides is 2. The Balaban J connectivity index is 1.42. The number of carboxylic acids is 1. The minimum atomic E-state index is -1.30. The second kappa shape index (κ2) is 13.0.